The summed E-state index contributed by atoms with van der Waals surface area (Å²) in [5.41, 5.74) is -0.637. The minimum atomic E-state index is -5.00. The van der Waals surface area contributed by atoms with Gasteiger partial charge >= 0.3 is 17.6 Å². The second-order valence-electron chi connectivity index (χ2n) is 6.23. The Hall–Kier alpha value is -4.29. The van der Waals surface area contributed by atoms with Crippen LogP contribution in [-0.4, -0.2) is 25.1 Å². The molecule has 0 spiro atoms. The molecule has 0 radical (unpaired) electrons. The highest BCUT2D eigenvalue weighted by atomic mass is 19.4. The molecule has 1 heterocycles. The number of alkyl halides is 3. The van der Waals surface area contributed by atoms with Gasteiger partial charge in [0.2, 0.25) is 5.69 Å². The maximum atomic E-state index is 13.0. The van der Waals surface area contributed by atoms with Gasteiger partial charge in [-0.05, 0) is 24.6 Å². The summed E-state index contributed by atoms with van der Waals surface area (Å²) in [6.45, 7) is 1.53. The summed E-state index contributed by atoms with van der Waals surface area (Å²) in [5, 5.41) is 26.4. The number of nitro groups is 2. The molecule has 0 bridgehead atoms. The lowest BCUT2D eigenvalue weighted by molar-refractivity contribution is -0.392. The zero-order valence-corrected chi connectivity index (χ0v) is 15.7. The average Bonchev–Trinajstić information content (AvgIpc) is 3.25. The van der Waals surface area contributed by atoms with Gasteiger partial charge < -0.3 is 4.57 Å². The summed E-state index contributed by atoms with van der Waals surface area (Å²) in [4.78, 5) is 24.2. The van der Waals surface area contributed by atoms with Gasteiger partial charge in [-0.2, -0.15) is 18.3 Å². The summed E-state index contributed by atoms with van der Waals surface area (Å²) in [6, 6.07) is 7.31. The number of benzene rings is 2. The quantitative estimate of drug-likeness (QED) is 0.344. The van der Waals surface area contributed by atoms with E-state index in [9.17, 15) is 33.4 Å². The van der Waals surface area contributed by atoms with Crippen molar-refractivity contribution in [3.63, 3.8) is 0 Å². The maximum Gasteiger partial charge on any atom is 0.416 e. The number of nitrogens with zero attached hydrogens (tertiary/aromatic N) is 5. The number of hydrazone groups is 1. The highest BCUT2D eigenvalue weighted by Crippen LogP contribution is 2.41. The monoisotopic (exact) mass is 434 g/mol. The molecule has 3 aromatic rings. The minimum Gasteiger partial charge on any atom is -0.306 e. The number of hydrogen-bond donors (Lipinski definition) is 1. The van der Waals surface area contributed by atoms with Crippen molar-refractivity contribution in [3.05, 3.63) is 86.5 Å². The van der Waals surface area contributed by atoms with Crippen molar-refractivity contribution in [1.29, 1.82) is 0 Å². The van der Waals surface area contributed by atoms with E-state index in [-0.39, 0.29) is 12.1 Å². The van der Waals surface area contributed by atoms with Crippen molar-refractivity contribution in [2.24, 2.45) is 5.10 Å². The zero-order chi connectivity index (χ0) is 22.8. The molecule has 0 atom stereocenters. The van der Waals surface area contributed by atoms with E-state index in [1.807, 2.05) is 0 Å². The first kappa shape index (κ1) is 21.4. The van der Waals surface area contributed by atoms with E-state index in [1.54, 1.807) is 47.6 Å². The van der Waals surface area contributed by atoms with E-state index in [4.69, 9.17) is 0 Å². The Morgan fingerprint density at radius 2 is 1.68 bits per heavy atom. The summed E-state index contributed by atoms with van der Waals surface area (Å²) < 4.78 is 40.7. The van der Waals surface area contributed by atoms with E-state index >= 15 is 0 Å². The number of halogens is 3. The van der Waals surface area contributed by atoms with E-state index < -0.39 is 38.6 Å². The molecule has 2 aromatic carbocycles. The molecule has 0 amide bonds. The summed E-state index contributed by atoms with van der Waals surface area (Å²) >= 11 is 0. The van der Waals surface area contributed by atoms with Gasteiger partial charge in [-0.1, -0.05) is 12.1 Å². The minimum absolute atomic E-state index is 0.222. The van der Waals surface area contributed by atoms with Gasteiger partial charge in [0, 0.05) is 30.2 Å². The van der Waals surface area contributed by atoms with Crippen LogP contribution in [0.5, 0.6) is 0 Å². The van der Waals surface area contributed by atoms with Gasteiger partial charge in [0.25, 0.3) is 0 Å². The standard InChI is InChI=1S/C18H13F3N6O4/c1-11(12-2-4-14(5-3-12)25-7-6-22-10-25)23-24-17-15(26(28)29)8-13(18(19,20)21)9-16(17)27(30)31/h2-10,24H,1H3. The van der Waals surface area contributed by atoms with Crippen molar-refractivity contribution in [3.8, 4) is 5.69 Å². The Morgan fingerprint density at radius 1 is 1.10 bits per heavy atom. The molecule has 160 valence electrons. The molecule has 13 heteroatoms. The SMILES string of the molecule is CC(=NNc1c([N+](=O)[O-])cc(C(F)(F)F)cc1[N+](=O)[O-])c1ccc(-n2ccnc2)cc1. The van der Waals surface area contributed by atoms with Crippen molar-refractivity contribution in [2.75, 3.05) is 5.43 Å². The zero-order valence-electron chi connectivity index (χ0n) is 15.7. The van der Waals surface area contributed by atoms with Crippen LogP contribution in [0.4, 0.5) is 30.2 Å². The Kier molecular flexibility index (Phi) is 5.68. The van der Waals surface area contributed by atoms with Crippen LogP contribution in [0, 0.1) is 20.2 Å². The molecule has 1 aromatic heterocycles. The van der Waals surface area contributed by atoms with Crippen molar-refractivity contribution in [2.45, 2.75) is 13.1 Å². The molecule has 0 saturated carbocycles. The molecular formula is C18H13F3N6O4. The topological polar surface area (TPSA) is 128 Å². The Balaban J connectivity index is 1.96. The third-order valence-electron chi connectivity index (χ3n) is 4.24. The highest BCUT2D eigenvalue weighted by Gasteiger charge is 2.37. The smallest absolute Gasteiger partial charge is 0.306 e. The summed E-state index contributed by atoms with van der Waals surface area (Å²) in [7, 11) is 0. The van der Waals surface area contributed by atoms with Gasteiger partial charge in [-0.3, -0.25) is 25.7 Å². The van der Waals surface area contributed by atoms with Gasteiger partial charge in [-0.25, -0.2) is 4.98 Å². The average molecular weight is 434 g/mol. The predicted molar refractivity (Wildman–Crippen MR) is 104 cm³/mol. The fourth-order valence-corrected chi connectivity index (χ4v) is 2.67. The van der Waals surface area contributed by atoms with Crippen LogP contribution >= 0.6 is 0 Å². The second kappa shape index (κ2) is 8.22. The molecule has 1 N–H and O–H groups in total. The lowest BCUT2D eigenvalue weighted by Gasteiger charge is -2.10. The van der Waals surface area contributed by atoms with Crippen LogP contribution in [0.2, 0.25) is 0 Å². The van der Waals surface area contributed by atoms with Crippen LogP contribution in [0.15, 0.2) is 60.2 Å². The lowest BCUT2D eigenvalue weighted by Crippen LogP contribution is -2.10. The molecule has 0 aliphatic carbocycles. The fraction of sp³-hybridized carbons (Fsp3) is 0.111. The van der Waals surface area contributed by atoms with Crippen LogP contribution < -0.4 is 5.43 Å². The van der Waals surface area contributed by atoms with E-state index in [1.165, 1.54) is 6.92 Å². The number of nitrogens with one attached hydrogen (secondary N) is 1. The second-order valence-corrected chi connectivity index (χ2v) is 6.23. The summed E-state index contributed by atoms with van der Waals surface area (Å²) in [6.07, 6.45) is -0.0562. The van der Waals surface area contributed by atoms with E-state index in [0.717, 1.165) is 5.69 Å². The number of rotatable bonds is 6. The van der Waals surface area contributed by atoms with Crippen LogP contribution in [-0.2, 0) is 6.18 Å². The van der Waals surface area contributed by atoms with Crippen LogP contribution in [0.25, 0.3) is 5.69 Å². The number of hydrogen-bond acceptors (Lipinski definition) is 7. The first-order valence-electron chi connectivity index (χ1n) is 8.51. The Labute approximate surface area is 171 Å². The first-order chi connectivity index (χ1) is 14.6. The number of aromatic nitrogens is 2. The van der Waals surface area contributed by atoms with Gasteiger partial charge in [0.1, 0.15) is 0 Å². The predicted octanol–water partition coefficient (Wildman–Crippen LogP) is 4.54. The first-order valence-corrected chi connectivity index (χ1v) is 8.51. The molecule has 0 unspecified atom stereocenters. The van der Waals surface area contributed by atoms with Gasteiger partial charge in [0.05, 0.1) is 27.4 Å². The third-order valence-corrected chi connectivity index (χ3v) is 4.24. The Morgan fingerprint density at radius 3 is 2.13 bits per heavy atom. The molecule has 0 aliphatic rings. The normalized spacial score (nSPS) is 11.9. The van der Waals surface area contributed by atoms with Crippen molar-refractivity contribution < 1.29 is 23.0 Å². The molecule has 31 heavy (non-hydrogen) atoms. The number of nitro benzene ring substituents is 2. The van der Waals surface area contributed by atoms with Gasteiger partial charge in [-0.15, -0.1) is 0 Å². The van der Waals surface area contributed by atoms with E-state index in [0.29, 0.717) is 11.3 Å². The molecule has 0 fully saturated rings. The number of anilines is 1. The van der Waals surface area contributed by atoms with Crippen LogP contribution in [0.1, 0.15) is 18.1 Å². The number of imidazole rings is 1. The maximum absolute atomic E-state index is 13.0. The van der Waals surface area contributed by atoms with E-state index in [2.05, 4.69) is 15.5 Å². The summed E-state index contributed by atoms with van der Waals surface area (Å²) in [5.74, 6) is 0. The molecule has 10 nitrogen and oxygen atoms in total. The van der Waals surface area contributed by atoms with Crippen molar-refractivity contribution in [1.82, 2.24) is 9.55 Å². The molecular weight excluding hydrogens is 421 g/mol. The van der Waals surface area contributed by atoms with Crippen molar-refractivity contribution >= 4 is 22.8 Å². The van der Waals surface area contributed by atoms with Gasteiger partial charge in [0.15, 0.2) is 0 Å². The largest absolute Gasteiger partial charge is 0.416 e. The third kappa shape index (κ3) is 4.66. The van der Waals surface area contributed by atoms with Crippen LogP contribution in [0.3, 0.4) is 0 Å². The molecule has 0 saturated heterocycles. The lowest BCUT2D eigenvalue weighted by atomic mass is 10.1. The highest BCUT2D eigenvalue weighted by molar-refractivity contribution is 5.99. The fourth-order valence-electron chi connectivity index (χ4n) is 2.67. The molecule has 3 rings (SSSR count). The Bertz CT molecular complexity index is 1120. The molecule has 0 aliphatic heterocycles.